The highest BCUT2D eigenvalue weighted by molar-refractivity contribution is 7.98. The lowest BCUT2D eigenvalue weighted by Gasteiger charge is -2.29. The molecule has 3 heteroatoms. The monoisotopic (exact) mass is 256 g/mol. The number of hydrogen-bond acceptors (Lipinski definition) is 3. The first-order valence-corrected chi connectivity index (χ1v) is 7.13. The zero-order valence-electron chi connectivity index (χ0n) is 10.7. The SMILES string of the molecule is Cc1ccc(C2=CC=CN3CCSN=C23)cc1C. The van der Waals surface area contributed by atoms with Crippen LogP contribution in [-0.2, 0) is 0 Å². The van der Waals surface area contributed by atoms with Gasteiger partial charge in [-0.15, -0.1) is 0 Å². The van der Waals surface area contributed by atoms with Crippen molar-refractivity contribution in [2.45, 2.75) is 13.8 Å². The van der Waals surface area contributed by atoms with Crippen molar-refractivity contribution >= 4 is 23.4 Å². The summed E-state index contributed by atoms with van der Waals surface area (Å²) in [5, 5.41) is 0. The van der Waals surface area contributed by atoms with Gasteiger partial charge in [-0.25, -0.2) is 0 Å². The number of nitrogens with zero attached hydrogens (tertiary/aromatic N) is 2. The Balaban J connectivity index is 2.04. The lowest BCUT2D eigenvalue weighted by atomic mass is 9.98. The van der Waals surface area contributed by atoms with Gasteiger partial charge in [-0.2, -0.15) is 4.40 Å². The highest BCUT2D eigenvalue weighted by atomic mass is 32.2. The summed E-state index contributed by atoms with van der Waals surface area (Å²) in [6.07, 6.45) is 6.38. The van der Waals surface area contributed by atoms with Crippen LogP contribution in [0.1, 0.15) is 16.7 Å². The topological polar surface area (TPSA) is 15.6 Å². The Morgan fingerprint density at radius 3 is 2.94 bits per heavy atom. The highest BCUT2D eigenvalue weighted by Gasteiger charge is 2.21. The van der Waals surface area contributed by atoms with Crippen LogP contribution < -0.4 is 0 Å². The molecule has 2 aliphatic rings. The van der Waals surface area contributed by atoms with E-state index in [9.17, 15) is 0 Å². The van der Waals surface area contributed by atoms with Crippen molar-refractivity contribution in [2.24, 2.45) is 4.40 Å². The molecular formula is C15H16N2S. The molecule has 18 heavy (non-hydrogen) atoms. The standard InChI is InChI=1S/C15H16N2S/c1-11-5-6-13(10-12(11)2)14-4-3-7-17-8-9-18-16-15(14)17/h3-7,10H,8-9H2,1-2H3. The third-order valence-corrected chi connectivity index (χ3v) is 4.10. The first kappa shape index (κ1) is 11.6. The van der Waals surface area contributed by atoms with E-state index in [0.717, 1.165) is 18.1 Å². The largest absolute Gasteiger partial charge is 0.331 e. The number of rotatable bonds is 1. The molecule has 0 N–H and O–H groups in total. The molecule has 0 unspecified atom stereocenters. The van der Waals surface area contributed by atoms with Crippen LogP contribution in [0, 0.1) is 13.8 Å². The zero-order chi connectivity index (χ0) is 12.5. The number of hydrogen-bond donors (Lipinski definition) is 0. The second kappa shape index (κ2) is 4.65. The molecular weight excluding hydrogens is 240 g/mol. The van der Waals surface area contributed by atoms with E-state index in [1.165, 1.54) is 22.3 Å². The van der Waals surface area contributed by atoms with Crippen molar-refractivity contribution in [3.05, 3.63) is 53.2 Å². The van der Waals surface area contributed by atoms with E-state index >= 15 is 0 Å². The predicted molar refractivity (Wildman–Crippen MR) is 79.6 cm³/mol. The van der Waals surface area contributed by atoms with Gasteiger partial charge >= 0.3 is 0 Å². The van der Waals surface area contributed by atoms with E-state index in [1.54, 1.807) is 11.9 Å². The van der Waals surface area contributed by atoms with Gasteiger partial charge in [0.2, 0.25) is 0 Å². The predicted octanol–water partition coefficient (Wildman–Crippen LogP) is 3.58. The molecule has 0 amide bonds. The first-order valence-electron chi connectivity index (χ1n) is 6.19. The minimum Gasteiger partial charge on any atom is -0.331 e. The zero-order valence-corrected chi connectivity index (χ0v) is 11.5. The fourth-order valence-electron chi connectivity index (χ4n) is 2.21. The molecule has 0 fully saturated rings. The van der Waals surface area contributed by atoms with Crippen molar-refractivity contribution in [1.82, 2.24) is 4.90 Å². The Bertz CT molecular complexity index is 570. The maximum absolute atomic E-state index is 4.60. The number of amidine groups is 1. The summed E-state index contributed by atoms with van der Waals surface area (Å²) in [6.45, 7) is 5.35. The Labute approximate surface area is 112 Å². The maximum atomic E-state index is 4.60. The number of benzene rings is 1. The van der Waals surface area contributed by atoms with Crippen LogP contribution in [0.2, 0.25) is 0 Å². The molecule has 2 heterocycles. The molecule has 0 aromatic heterocycles. The molecule has 1 aromatic carbocycles. The average molecular weight is 256 g/mol. The van der Waals surface area contributed by atoms with Gasteiger partial charge < -0.3 is 4.90 Å². The fourth-order valence-corrected chi connectivity index (χ4v) is 2.90. The van der Waals surface area contributed by atoms with Crippen LogP contribution in [0.25, 0.3) is 5.57 Å². The molecule has 0 radical (unpaired) electrons. The lowest BCUT2D eigenvalue weighted by Crippen LogP contribution is -2.32. The van der Waals surface area contributed by atoms with E-state index in [1.807, 2.05) is 0 Å². The molecule has 0 saturated carbocycles. The van der Waals surface area contributed by atoms with Crippen LogP contribution in [-0.4, -0.2) is 23.0 Å². The van der Waals surface area contributed by atoms with Crippen molar-refractivity contribution in [3.63, 3.8) is 0 Å². The summed E-state index contributed by atoms with van der Waals surface area (Å²) in [6, 6.07) is 6.62. The second-order valence-corrected chi connectivity index (χ2v) is 5.51. The smallest absolute Gasteiger partial charge is 0.148 e. The molecule has 0 spiro atoms. The Morgan fingerprint density at radius 2 is 2.11 bits per heavy atom. The van der Waals surface area contributed by atoms with Crippen molar-refractivity contribution < 1.29 is 0 Å². The van der Waals surface area contributed by atoms with Crippen molar-refractivity contribution in [3.8, 4) is 0 Å². The van der Waals surface area contributed by atoms with E-state index < -0.39 is 0 Å². The normalized spacial score (nSPS) is 18.2. The Hall–Kier alpha value is -1.48. The summed E-state index contributed by atoms with van der Waals surface area (Å²) in [7, 11) is 0. The van der Waals surface area contributed by atoms with Gasteiger partial charge in [0.15, 0.2) is 0 Å². The van der Waals surface area contributed by atoms with E-state index in [4.69, 9.17) is 0 Å². The molecule has 2 aliphatic heterocycles. The minimum atomic E-state index is 1.04. The van der Waals surface area contributed by atoms with Gasteiger partial charge in [0.05, 0.1) is 0 Å². The summed E-state index contributed by atoms with van der Waals surface area (Å²) in [5.74, 6) is 2.16. The molecule has 3 rings (SSSR count). The van der Waals surface area contributed by atoms with E-state index in [-0.39, 0.29) is 0 Å². The Morgan fingerprint density at radius 1 is 1.22 bits per heavy atom. The van der Waals surface area contributed by atoms with Crippen LogP contribution in [0.4, 0.5) is 0 Å². The van der Waals surface area contributed by atoms with Gasteiger partial charge in [0.25, 0.3) is 0 Å². The highest BCUT2D eigenvalue weighted by Crippen LogP contribution is 2.28. The van der Waals surface area contributed by atoms with Crippen molar-refractivity contribution in [1.29, 1.82) is 0 Å². The van der Waals surface area contributed by atoms with Crippen LogP contribution >= 0.6 is 11.9 Å². The minimum absolute atomic E-state index is 1.04. The van der Waals surface area contributed by atoms with Crippen LogP contribution in [0.5, 0.6) is 0 Å². The molecule has 0 atom stereocenters. The summed E-state index contributed by atoms with van der Waals surface area (Å²) < 4.78 is 4.60. The molecule has 0 saturated heterocycles. The quantitative estimate of drug-likeness (QED) is 0.714. The third-order valence-electron chi connectivity index (χ3n) is 3.43. The maximum Gasteiger partial charge on any atom is 0.148 e. The van der Waals surface area contributed by atoms with Crippen LogP contribution in [0.3, 0.4) is 0 Å². The molecule has 92 valence electrons. The molecule has 1 aromatic rings. The first-order chi connectivity index (χ1) is 8.75. The Kier molecular flexibility index (Phi) is 3.00. The molecule has 0 aliphatic carbocycles. The number of allylic oxidation sites excluding steroid dienone is 2. The van der Waals surface area contributed by atoms with Gasteiger partial charge in [0.1, 0.15) is 5.84 Å². The average Bonchev–Trinajstić information content (AvgIpc) is 2.41. The van der Waals surface area contributed by atoms with E-state index in [2.05, 4.69) is 59.7 Å². The summed E-state index contributed by atoms with van der Waals surface area (Å²) >= 11 is 1.66. The van der Waals surface area contributed by atoms with Gasteiger partial charge in [0, 0.05) is 24.1 Å². The van der Waals surface area contributed by atoms with E-state index in [0.29, 0.717) is 0 Å². The molecule has 0 bridgehead atoms. The van der Waals surface area contributed by atoms with Crippen molar-refractivity contribution in [2.75, 3.05) is 12.3 Å². The lowest BCUT2D eigenvalue weighted by molar-refractivity contribution is 0.594. The van der Waals surface area contributed by atoms with Crippen LogP contribution in [0.15, 0.2) is 40.9 Å². The molecule has 2 nitrogen and oxygen atoms in total. The summed E-state index contributed by atoms with van der Waals surface area (Å²) in [4.78, 5) is 2.24. The van der Waals surface area contributed by atoms with Gasteiger partial charge in [-0.3, -0.25) is 0 Å². The number of fused-ring (bicyclic) bond motifs is 1. The van der Waals surface area contributed by atoms with Gasteiger partial charge in [-0.1, -0.05) is 18.2 Å². The van der Waals surface area contributed by atoms with Gasteiger partial charge in [-0.05, 0) is 54.6 Å². The fraction of sp³-hybridized carbons (Fsp3) is 0.267. The summed E-state index contributed by atoms with van der Waals surface area (Å²) in [5.41, 5.74) is 5.16. The second-order valence-electron chi connectivity index (χ2n) is 4.66. The third kappa shape index (κ3) is 1.99. The number of aryl methyl sites for hydroxylation is 2.